The van der Waals surface area contributed by atoms with E-state index >= 15 is 0 Å². The monoisotopic (exact) mass is 296 g/mol. The fraction of sp³-hybridized carbons (Fsp3) is 0.643. The predicted octanol–water partition coefficient (Wildman–Crippen LogP) is 1.34. The van der Waals surface area contributed by atoms with E-state index in [1.807, 2.05) is 27.8 Å². The Morgan fingerprint density at radius 3 is 2.48 bits per heavy atom. The number of carboxylic acids is 1. The van der Waals surface area contributed by atoms with Crippen molar-refractivity contribution in [2.45, 2.75) is 40.2 Å². The summed E-state index contributed by atoms with van der Waals surface area (Å²) in [6.07, 6.45) is 1.32. The third kappa shape index (κ3) is 4.77. The van der Waals surface area contributed by atoms with Gasteiger partial charge in [-0.05, 0) is 20.3 Å². The molecule has 0 saturated heterocycles. The van der Waals surface area contributed by atoms with Crippen molar-refractivity contribution in [2.24, 2.45) is 13.0 Å². The van der Waals surface area contributed by atoms with Crippen LogP contribution in [0.5, 0.6) is 0 Å². The standard InChI is InChI=1S/C14H24N4O3/c1-5-6-11(13(19)20)7-15-14(21)16-8-12-9(2)17-18(4)10(12)3/h11H,5-8H2,1-4H3,(H,19,20)(H2,15,16,21). The Morgan fingerprint density at radius 1 is 1.33 bits per heavy atom. The maximum Gasteiger partial charge on any atom is 0.315 e. The minimum atomic E-state index is -0.879. The molecule has 1 aromatic heterocycles. The van der Waals surface area contributed by atoms with Gasteiger partial charge >= 0.3 is 12.0 Å². The molecule has 0 aliphatic heterocycles. The van der Waals surface area contributed by atoms with Gasteiger partial charge in [-0.3, -0.25) is 9.48 Å². The van der Waals surface area contributed by atoms with Crippen LogP contribution in [0.1, 0.15) is 36.7 Å². The van der Waals surface area contributed by atoms with Crippen LogP contribution in [0.2, 0.25) is 0 Å². The first-order valence-electron chi connectivity index (χ1n) is 7.10. The van der Waals surface area contributed by atoms with E-state index in [0.29, 0.717) is 13.0 Å². The van der Waals surface area contributed by atoms with E-state index in [-0.39, 0.29) is 12.6 Å². The fourth-order valence-corrected chi connectivity index (χ4v) is 2.18. The average molecular weight is 296 g/mol. The molecule has 7 heteroatoms. The second kappa shape index (κ2) is 7.66. The highest BCUT2D eigenvalue weighted by molar-refractivity contribution is 5.75. The van der Waals surface area contributed by atoms with Crippen LogP contribution in [0.15, 0.2) is 0 Å². The molecule has 0 saturated carbocycles. The van der Waals surface area contributed by atoms with Crippen LogP contribution in [0.25, 0.3) is 0 Å². The first-order chi connectivity index (χ1) is 9.86. The summed E-state index contributed by atoms with van der Waals surface area (Å²) >= 11 is 0. The van der Waals surface area contributed by atoms with Crippen LogP contribution in [-0.4, -0.2) is 33.4 Å². The summed E-state index contributed by atoms with van der Waals surface area (Å²) in [5.41, 5.74) is 2.86. The summed E-state index contributed by atoms with van der Waals surface area (Å²) in [6, 6.07) is -0.361. The average Bonchev–Trinajstić information content (AvgIpc) is 2.65. The van der Waals surface area contributed by atoms with Crippen molar-refractivity contribution in [3.63, 3.8) is 0 Å². The summed E-state index contributed by atoms with van der Waals surface area (Å²) in [7, 11) is 1.86. The van der Waals surface area contributed by atoms with E-state index in [2.05, 4.69) is 15.7 Å². The summed E-state index contributed by atoms with van der Waals surface area (Å²) in [5, 5.41) is 18.6. The molecule has 3 N–H and O–H groups in total. The molecule has 1 rings (SSSR count). The number of aliphatic carboxylic acids is 1. The lowest BCUT2D eigenvalue weighted by molar-refractivity contribution is -0.141. The molecule has 1 unspecified atom stereocenters. The first-order valence-corrected chi connectivity index (χ1v) is 7.10. The van der Waals surface area contributed by atoms with Crippen molar-refractivity contribution in [3.8, 4) is 0 Å². The molecule has 0 bridgehead atoms. The van der Waals surface area contributed by atoms with Gasteiger partial charge in [0.2, 0.25) is 0 Å². The predicted molar refractivity (Wildman–Crippen MR) is 79.0 cm³/mol. The Kier molecular flexibility index (Phi) is 6.20. The van der Waals surface area contributed by atoms with Crippen LogP contribution >= 0.6 is 0 Å². The maximum atomic E-state index is 11.7. The number of urea groups is 1. The number of nitrogens with zero attached hydrogens (tertiary/aromatic N) is 2. The number of nitrogens with one attached hydrogen (secondary N) is 2. The number of aromatic nitrogens is 2. The van der Waals surface area contributed by atoms with Gasteiger partial charge in [0.1, 0.15) is 0 Å². The van der Waals surface area contributed by atoms with E-state index < -0.39 is 11.9 Å². The number of amides is 2. The molecule has 0 aromatic carbocycles. The molecule has 2 amide bonds. The van der Waals surface area contributed by atoms with Gasteiger partial charge in [0.05, 0.1) is 11.6 Å². The molecule has 1 aromatic rings. The smallest absolute Gasteiger partial charge is 0.315 e. The van der Waals surface area contributed by atoms with Gasteiger partial charge < -0.3 is 15.7 Å². The molecular weight excluding hydrogens is 272 g/mol. The highest BCUT2D eigenvalue weighted by atomic mass is 16.4. The Morgan fingerprint density at radius 2 is 2.00 bits per heavy atom. The summed E-state index contributed by atoms with van der Waals surface area (Å²) < 4.78 is 1.77. The SMILES string of the molecule is CCCC(CNC(=O)NCc1c(C)nn(C)c1C)C(=O)O. The molecule has 0 spiro atoms. The Balaban J connectivity index is 2.45. The number of carbonyl (C=O) groups excluding carboxylic acids is 1. The molecule has 1 atom stereocenters. The van der Waals surface area contributed by atoms with Gasteiger partial charge in [0.15, 0.2) is 0 Å². The maximum absolute atomic E-state index is 11.7. The summed E-state index contributed by atoms with van der Waals surface area (Å²) in [5.74, 6) is -1.42. The molecule has 118 valence electrons. The number of carbonyl (C=O) groups is 2. The van der Waals surface area contributed by atoms with E-state index in [1.165, 1.54) is 0 Å². The lowest BCUT2D eigenvalue weighted by atomic mass is 10.0. The highest BCUT2D eigenvalue weighted by Gasteiger charge is 2.17. The van der Waals surface area contributed by atoms with Gasteiger partial charge in [-0.25, -0.2) is 4.79 Å². The van der Waals surface area contributed by atoms with Crippen molar-refractivity contribution >= 4 is 12.0 Å². The quantitative estimate of drug-likeness (QED) is 0.707. The van der Waals surface area contributed by atoms with Crippen LogP contribution in [0, 0.1) is 19.8 Å². The molecular formula is C14H24N4O3. The van der Waals surface area contributed by atoms with Crippen LogP contribution in [0.4, 0.5) is 4.79 Å². The van der Waals surface area contributed by atoms with Crippen LogP contribution < -0.4 is 10.6 Å². The fourth-order valence-electron chi connectivity index (χ4n) is 2.18. The van der Waals surface area contributed by atoms with Crippen LogP contribution in [-0.2, 0) is 18.4 Å². The molecule has 1 heterocycles. The van der Waals surface area contributed by atoms with Gasteiger partial charge in [-0.2, -0.15) is 5.10 Å². The molecule has 0 radical (unpaired) electrons. The normalized spacial score (nSPS) is 12.0. The molecule has 0 fully saturated rings. The van der Waals surface area contributed by atoms with Gasteiger partial charge in [0, 0.05) is 31.4 Å². The highest BCUT2D eigenvalue weighted by Crippen LogP contribution is 2.11. The van der Waals surface area contributed by atoms with Crippen molar-refractivity contribution in [2.75, 3.05) is 6.54 Å². The Bertz CT molecular complexity index is 511. The Hall–Kier alpha value is -2.05. The van der Waals surface area contributed by atoms with Crippen molar-refractivity contribution < 1.29 is 14.7 Å². The molecule has 0 aliphatic rings. The third-order valence-corrected chi connectivity index (χ3v) is 3.58. The van der Waals surface area contributed by atoms with E-state index in [4.69, 9.17) is 5.11 Å². The first kappa shape index (κ1) is 17.0. The van der Waals surface area contributed by atoms with Crippen molar-refractivity contribution in [3.05, 3.63) is 17.0 Å². The number of carboxylic acid groups (broad SMARTS) is 1. The molecule has 7 nitrogen and oxygen atoms in total. The lowest BCUT2D eigenvalue weighted by Gasteiger charge is -2.13. The second-order valence-corrected chi connectivity index (χ2v) is 5.16. The largest absolute Gasteiger partial charge is 0.481 e. The van der Waals surface area contributed by atoms with E-state index in [1.54, 1.807) is 4.68 Å². The minimum absolute atomic E-state index is 0.139. The summed E-state index contributed by atoms with van der Waals surface area (Å²) in [4.78, 5) is 22.7. The van der Waals surface area contributed by atoms with Crippen molar-refractivity contribution in [1.82, 2.24) is 20.4 Å². The van der Waals surface area contributed by atoms with Crippen molar-refractivity contribution in [1.29, 1.82) is 0 Å². The third-order valence-electron chi connectivity index (χ3n) is 3.58. The molecule has 21 heavy (non-hydrogen) atoms. The number of rotatable bonds is 7. The van der Waals surface area contributed by atoms with E-state index in [0.717, 1.165) is 23.4 Å². The zero-order valence-corrected chi connectivity index (χ0v) is 13.1. The van der Waals surface area contributed by atoms with Gasteiger partial charge in [-0.1, -0.05) is 13.3 Å². The number of hydrogen-bond donors (Lipinski definition) is 3. The van der Waals surface area contributed by atoms with Crippen LogP contribution in [0.3, 0.4) is 0 Å². The topological polar surface area (TPSA) is 96.3 Å². The number of hydrogen-bond acceptors (Lipinski definition) is 3. The summed E-state index contributed by atoms with van der Waals surface area (Å²) in [6.45, 7) is 6.27. The zero-order chi connectivity index (χ0) is 16.0. The minimum Gasteiger partial charge on any atom is -0.481 e. The van der Waals surface area contributed by atoms with E-state index in [9.17, 15) is 9.59 Å². The Labute approximate surface area is 124 Å². The van der Waals surface area contributed by atoms with Gasteiger partial charge in [-0.15, -0.1) is 0 Å². The lowest BCUT2D eigenvalue weighted by Crippen LogP contribution is -2.39. The second-order valence-electron chi connectivity index (χ2n) is 5.16. The zero-order valence-electron chi connectivity index (χ0n) is 13.1. The molecule has 0 aliphatic carbocycles. The number of aryl methyl sites for hydroxylation is 2. The van der Waals surface area contributed by atoms with Gasteiger partial charge in [0.25, 0.3) is 0 Å².